The Morgan fingerprint density at radius 1 is 1.00 bits per heavy atom. The number of hydrogen-bond donors (Lipinski definition) is 1. The van der Waals surface area contributed by atoms with Crippen molar-refractivity contribution in [3.8, 4) is 0 Å². The predicted octanol–water partition coefficient (Wildman–Crippen LogP) is 4.33. The number of anilines is 1. The first-order valence-corrected chi connectivity index (χ1v) is 14.5. The van der Waals surface area contributed by atoms with Crippen molar-refractivity contribution in [1.82, 2.24) is 20.1 Å². The Balaban J connectivity index is 1.06. The van der Waals surface area contributed by atoms with Gasteiger partial charge in [-0.3, -0.25) is 19.5 Å². The van der Waals surface area contributed by atoms with Gasteiger partial charge in [-0.25, -0.2) is 0 Å². The zero-order valence-electron chi connectivity index (χ0n) is 22.9. The molecule has 38 heavy (non-hydrogen) atoms. The van der Waals surface area contributed by atoms with E-state index in [0.717, 1.165) is 44.8 Å². The van der Waals surface area contributed by atoms with Crippen LogP contribution in [-0.4, -0.2) is 71.4 Å². The summed E-state index contributed by atoms with van der Waals surface area (Å²) >= 11 is 0. The third-order valence-corrected chi connectivity index (χ3v) is 9.86. The Labute approximate surface area is 226 Å². The average molecular weight is 516 g/mol. The van der Waals surface area contributed by atoms with Crippen molar-refractivity contribution in [1.29, 1.82) is 0 Å². The first kappa shape index (κ1) is 25.4. The Bertz CT molecular complexity index is 1180. The summed E-state index contributed by atoms with van der Waals surface area (Å²) in [7, 11) is 0. The van der Waals surface area contributed by atoms with Crippen molar-refractivity contribution in [2.24, 2.45) is 5.41 Å². The molecule has 2 aromatic rings. The fourth-order valence-electron chi connectivity index (χ4n) is 7.44. The zero-order chi connectivity index (χ0) is 26.3. The van der Waals surface area contributed by atoms with Crippen molar-refractivity contribution >= 4 is 17.5 Å². The van der Waals surface area contributed by atoms with E-state index in [-0.39, 0.29) is 23.3 Å². The summed E-state index contributed by atoms with van der Waals surface area (Å²) in [6.07, 6.45) is 10.5. The van der Waals surface area contributed by atoms with Crippen LogP contribution in [0.2, 0.25) is 0 Å². The van der Waals surface area contributed by atoms with Crippen molar-refractivity contribution in [2.45, 2.75) is 76.9 Å². The number of aryl methyl sites for hydroxylation is 1. The quantitative estimate of drug-likeness (QED) is 0.657. The molecule has 1 unspecified atom stereocenters. The van der Waals surface area contributed by atoms with E-state index in [1.54, 1.807) is 24.5 Å². The molecule has 0 saturated carbocycles. The standard InChI is InChI=1S/C31H41N5O2/c1-22-20-25(35-17-10-26(21-35)36-16-3-4-23(36)2)5-6-27(22)28-7-11-31(30(38)33-28)12-18-34(19-13-31)29(37)24-8-14-32-15-9-24/h5-6,8-9,14-15,20,23,26,28H,3-4,7,10-13,16-19,21H2,1-2H3,(H,33,38)/t23-,26-,28?/m0/s1. The third-order valence-electron chi connectivity index (χ3n) is 9.86. The third kappa shape index (κ3) is 4.70. The van der Waals surface area contributed by atoms with Gasteiger partial charge < -0.3 is 15.1 Å². The van der Waals surface area contributed by atoms with Crippen molar-refractivity contribution in [3.63, 3.8) is 0 Å². The largest absolute Gasteiger partial charge is 0.370 e. The fraction of sp³-hybridized carbons (Fsp3) is 0.581. The Hall–Kier alpha value is -2.93. The molecule has 202 valence electrons. The van der Waals surface area contributed by atoms with E-state index in [0.29, 0.717) is 24.7 Å². The minimum Gasteiger partial charge on any atom is -0.370 e. The van der Waals surface area contributed by atoms with Crippen LogP contribution in [0.5, 0.6) is 0 Å². The maximum Gasteiger partial charge on any atom is 0.253 e. The van der Waals surface area contributed by atoms with Gasteiger partial charge in [0.2, 0.25) is 5.91 Å². The first-order chi connectivity index (χ1) is 18.4. The van der Waals surface area contributed by atoms with E-state index < -0.39 is 0 Å². The number of rotatable bonds is 4. The number of benzene rings is 1. The number of nitrogens with one attached hydrogen (secondary N) is 1. The topological polar surface area (TPSA) is 68.8 Å². The van der Waals surface area contributed by atoms with Crippen LogP contribution in [0.3, 0.4) is 0 Å². The number of nitrogens with zero attached hydrogens (tertiary/aromatic N) is 4. The minimum absolute atomic E-state index is 0.0336. The minimum atomic E-state index is -0.351. The lowest BCUT2D eigenvalue weighted by Gasteiger charge is -2.45. The molecule has 5 heterocycles. The number of pyridine rings is 1. The fourth-order valence-corrected chi connectivity index (χ4v) is 7.44. The number of hydrogen-bond acceptors (Lipinski definition) is 5. The van der Waals surface area contributed by atoms with Gasteiger partial charge in [0.05, 0.1) is 11.5 Å². The van der Waals surface area contributed by atoms with Gasteiger partial charge in [-0.1, -0.05) is 6.07 Å². The van der Waals surface area contributed by atoms with Crippen LogP contribution in [-0.2, 0) is 4.79 Å². The normalized spacial score (nSPS) is 27.6. The van der Waals surface area contributed by atoms with Gasteiger partial charge in [0.15, 0.2) is 0 Å². The molecule has 4 fully saturated rings. The van der Waals surface area contributed by atoms with Crippen LogP contribution >= 0.6 is 0 Å². The van der Waals surface area contributed by atoms with Gasteiger partial charge >= 0.3 is 0 Å². The second kappa shape index (κ2) is 10.3. The van der Waals surface area contributed by atoms with Crippen LogP contribution in [0.4, 0.5) is 5.69 Å². The molecule has 0 bridgehead atoms. The highest BCUT2D eigenvalue weighted by Crippen LogP contribution is 2.43. The van der Waals surface area contributed by atoms with E-state index in [9.17, 15) is 9.59 Å². The molecule has 3 atom stereocenters. The molecular weight excluding hydrogens is 474 g/mol. The molecule has 7 nitrogen and oxygen atoms in total. The first-order valence-electron chi connectivity index (χ1n) is 14.5. The molecule has 1 spiro atoms. The molecule has 0 aliphatic carbocycles. The highest BCUT2D eigenvalue weighted by molar-refractivity contribution is 5.94. The number of carbonyl (C=O) groups excluding carboxylic acids is 2. The van der Waals surface area contributed by atoms with Gasteiger partial charge in [-0.05, 0) is 101 Å². The van der Waals surface area contributed by atoms with Crippen LogP contribution in [0.15, 0.2) is 42.7 Å². The molecular formula is C31H41N5O2. The molecule has 4 saturated heterocycles. The molecule has 4 aliphatic rings. The van der Waals surface area contributed by atoms with Crippen molar-refractivity contribution in [3.05, 3.63) is 59.4 Å². The number of amides is 2. The van der Waals surface area contributed by atoms with Crippen LogP contribution < -0.4 is 10.2 Å². The number of likely N-dealkylation sites (tertiary alicyclic amines) is 2. The SMILES string of the molecule is Cc1cc(N2CC[C@H](N3CCC[C@@H]3C)C2)ccc1C1CCC2(CCN(C(=O)c3ccncc3)CC2)C(=O)N1. The summed E-state index contributed by atoms with van der Waals surface area (Å²) in [5.41, 5.74) is 4.13. The molecule has 2 amide bonds. The zero-order valence-corrected chi connectivity index (χ0v) is 22.9. The predicted molar refractivity (Wildman–Crippen MR) is 149 cm³/mol. The van der Waals surface area contributed by atoms with E-state index >= 15 is 0 Å². The second-order valence-electron chi connectivity index (χ2n) is 12.0. The summed E-state index contributed by atoms with van der Waals surface area (Å²) in [5, 5.41) is 3.38. The molecule has 4 aliphatic heterocycles. The number of aromatic nitrogens is 1. The van der Waals surface area contributed by atoms with Crippen molar-refractivity contribution < 1.29 is 9.59 Å². The van der Waals surface area contributed by atoms with E-state index in [2.05, 4.69) is 52.1 Å². The molecule has 1 N–H and O–H groups in total. The second-order valence-corrected chi connectivity index (χ2v) is 12.0. The lowest BCUT2D eigenvalue weighted by atomic mass is 9.70. The van der Waals surface area contributed by atoms with E-state index in [1.165, 1.54) is 42.6 Å². The van der Waals surface area contributed by atoms with E-state index in [1.807, 2.05) is 4.90 Å². The van der Waals surface area contributed by atoms with Crippen molar-refractivity contribution in [2.75, 3.05) is 37.6 Å². The number of carbonyl (C=O) groups is 2. The molecule has 0 radical (unpaired) electrons. The maximum atomic E-state index is 13.4. The summed E-state index contributed by atoms with van der Waals surface area (Å²) in [6.45, 7) is 9.31. The molecule has 1 aromatic heterocycles. The summed E-state index contributed by atoms with van der Waals surface area (Å²) < 4.78 is 0. The Morgan fingerprint density at radius 2 is 1.79 bits per heavy atom. The van der Waals surface area contributed by atoms with Gasteiger partial charge in [-0.2, -0.15) is 0 Å². The molecule has 7 heteroatoms. The van der Waals surface area contributed by atoms with E-state index in [4.69, 9.17) is 0 Å². The summed E-state index contributed by atoms with van der Waals surface area (Å²) in [5.74, 6) is 0.196. The van der Waals surface area contributed by atoms with Gasteiger partial charge in [0.25, 0.3) is 5.91 Å². The molecule has 6 rings (SSSR count). The highest BCUT2D eigenvalue weighted by atomic mass is 16.2. The van der Waals surface area contributed by atoms with Gasteiger partial charge in [0.1, 0.15) is 0 Å². The van der Waals surface area contributed by atoms with Gasteiger partial charge in [-0.15, -0.1) is 0 Å². The van der Waals surface area contributed by atoms with Crippen LogP contribution in [0.25, 0.3) is 0 Å². The van der Waals surface area contributed by atoms with Crippen LogP contribution in [0, 0.1) is 12.3 Å². The van der Waals surface area contributed by atoms with Crippen LogP contribution in [0.1, 0.15) is 79.4 Å². The lowest BCUT2D eigenvalue weighted by Crippen LogP contribution is -2.53. The monoisotopic (exact) mass is 515 g/mol. The lowest BCUT2D eigenvalue weighted by molar-refractivity contribution is -0.138. The average Bonchev–Trinajstić information content (AvgIpc) is 3.60. The van der Waals surface area contributed by atoms with Gasteiger partial charge in [0, 0.05) is 61.9 Å². The highest BCUT2D eigenvalue weighted by Gasteiger charge is 2.46. The summed E-state index contributed by atoms with van der Waals surface area (Å²) in [6, 6.07) is 11.8. The maximum absolute atomic E-state index is 13.4. The number of piperidine rings is 2. The smallest absolute Gasteiger partial charge is 0.253 e. The Kier molecular flexibility index (Phi) is 6.89. The summed E-state index contributed by atoms with van der Waals surface area (Å²) in [4.78, 5) is 37.4. The Morgan fingerprint density at radius 3 is 2.47 bits per heavy atom. The molecule has 1 aromatic carbocycles.